The van der Waals surface area contributed by atoms with E-state index < -0.39 is 10.2 Å². The first-order valence-corrected chi connectivity index (χ1v) is 9.06. The van der Waals surface area contributed by atoms with Crippen molar-refractivity contribution in [3.05, 3.63) is 77.6 Å². The molecule has 0 radical (unpaired) electrons. The SMILES string of the molecule is Cc1ccc(-c2cc(C)[o+]c(-c3ccc(C)cc3)c2)cc1.[O-][Cl+3]([O-])([O-])[O-]. The Kier molecular flexibility index (Phi) is 6.47. The van der Waals surface area contributed by atoms with Crippen LogP contribution in [0.25, 0.3) is 22.5 Å². The molecule has 0 aliphatic carbocycles. The molecule has 0 bridgehead atoms. The molecule has 26 heavy (non-hydrogen) atoms. The van der Waals surface area contributed by atoms with Crippen molar-refractivity contribution >= 4 is 0 Å². The summed E-state index contributed by atoms with van der Waals surface area (Å²) in [7, 11) is -4.94. The summed E-state index contributed by atoms with van der Waals surface area (Å²) in [5.41, 5.74) is 6.04. The molecule has 2 aromatic carbocycles. The van der Waals surface area contributed by atoms with Crippen molar-refractivity contribution in [1.82, 2.24) is 0 Å². The van der Waals surface area contributed by atoms with Crippen molar-refractivity contribution in [1.29, 1.82) is 0 Å². The van der Waals surface area contributed by atoms with Crippen LogP contribution in [0.3, 0.4) is 0 Å². The van der Waals surface area contributed by atoms with Crippen LogP contribution in [0, 0.1) is 31.0 Å². The lowest BCUT2D eigenvalue weighted by Crippen LogP contribution is -2.68. The summed E-state index contributed by atoms with van der Waals surface area (Å²) in [5, 5.41) is 0. The lowest BCUT2D eigenvalue weighted by molar-refractivity contribution is -2.00. The first-order valence-electron chi connectivity index (χ1n) is 7.82. The largest absolute Gasteiger partial charge is 0.360 e. The molecule has 0 saturated carbocycles. The second-order valence-electron chi connectivity index (χ2n) is 5.93. The smallest absolute Gasteiger partial charge is 0.222 e. The van der Waals surface area contributed by atoms with Crippen molar-refractivity contribution in [2.75, 3.05) is 0 Å². The van der Waals surface area contributed by atoms with E-state index in [1.165, 1.54) is 22.3 Å². The van der Waals surface area contributed by atoms with Gasteiger partial charge in [-0.1, -0.05) is 47.5 Å². The monoisotopic (exact) mass is 374 g/mol. The third-order valence-electron chi connectivity index (χ3n) is 3.64. The van der Waals surface area contributed by atoms with E-state index in [2.05, 4.69) is 74.5 Å². The van der Waals surface area contributed by atoms with Gasteiger partial charge < -0.3 is 0 Å². The third kappa shape index (κ3) is 6.55. The normalized spacial score (nSPS) is 10.9. The van der Waals surface area contributed by atoms with Crippen LogP contribution >= 0.6 is 0 Å². The molecule has 0 saturated heterocycles. The number of hydrogen-bond donors (Lipinski definition) is 0. The second-order valence-corrected chi connectivity index (χ2v) is 6.69. The Hall–Kier alpha value is -2.28. The zero-order valence-corrected chi connectivity index (χ0v) is 15.4. The van der Waals surface area contributed by atoms with E-state index in [4.69, 9.17) is 23.1 Å². The number of hydrogen-bond acceptors (Lipinski definition) is 4. The van der Waals surface area contributed by atoms with E-state index >= 15 is 0 Å². The summed E-state index contributed by atoms with van der Waals surface area (Å²) in [6, 6.07) is 21.2. The van der Waals surface area contributed by atoms with Gasteiger partial charge in [-0.15, -0.1) is 10.2 Å². The van der Waals surface area contributed by atoms with Crippen molar-refractivity contribution in [2.45, 2.75) is 20.8 Å². The molecule has 3 rings (SSSR count). The van der Waals surface area contributed by atoms with Gasteiger partial charge in [-0.05, 0) is 31.5 Å². The highest BCUT2D eigenvalue weighted by Crippen LogP contribution is 2.28. The van der Waals surface area contributed by atoms with Crippen LogP contribution in [0.4, 0.5) is 0 Å². The number of rotatable bonds is 2. The van der Waals surface area contributed by atoms with E-state index in [1.54, 1.807) is 0 Å². The molecule has 0 N–H and O–H groups in total. The van der Waals surface area contributed by atoms with E-state index in [0.29, 0.717) is 0 Å². The summed E-state index contributed by atoms with van der Waals surface area (Å²) in [6.45, 7) is 6.19. The summed E-state index contributed by atoms with van der Waals surface area (Å²) >= 11 is 0. The minimum absolute atomic E-state index is 0.908. The molecule has 1 aromatic heterocycles. The molecular formula is C20H19ClO5. The predicted molar refractivity (Wildman–Crippen MR) is 88.2 cm³/mol. The zero-order chi connectivity index (χ0) is 19.3. The van der Waals surface area contributed by atoms with E-state index in [9.17, 15) is 0 Å². The maximum atomic E-state index is 8.49. The van der Waals surface area contributed by atoms with Crippen molar-refractivity contribution in [2.24, 2.45) is 0 Å². The first-order chi connectivity index (χ1) is 12.1. The van der Waals surface area contributed by atoms with Gasteiger partial charge >= 0.3 is 11.5 Å². The third-order valence-corrected chi connectivity index (χ3v) is 3.64. The molecule has 6 heteroatoms. The maximum absolute atomic E-state index is 8.49. The molecule has 3 aromatic rings. The number of benzene rings is 2. The van der Waals surface area contributed by atoms with Crippen LogP contribution in [0.2, 0.25) is 0 Å². The highest BCUT2D eigenvalue weighted by molar-refractivity contribution is 5.70. The Morgan fingerprint density at radius 2 is 1.04 bits per heavy atom. The highest BCUT2D eigenvalue weighted by Gasteiger charge is 2.16. The van der Waals surface area contributed by atoms with Crippen LogP contribution in [0.15, 0.2) is 65.1 Å². The van der Waals surface area contributed by atoms with Gasteiger partial charge in [0.15, 0.2) is 0 Å². The summed E-state index contributed by atoms with van der Waals surface area (Å²) in [4.78, 5) is 0. The summed E-state index contributed by atoms with van der Waals surface area (Å²) in [5.74, 6) is 1.83. The molecular weight excluding hydrogens is 356 g/mol. The fourth-order valence-corrected chi connectivity index (χ4v) is 2.41. The second kappa shape index (κ2) is 8.40. The number of aryl methyl sites for hydroxylation is 3. The molecule has 1 heterocycles. The van der Waals surface area contributed by atoms with Gasteiger partial charge in [-0.25, -0.2) is 23.1 Å². The fraction of sp³-hybridized carbons (Fsp3) is 0.150. The molecule has 0 atom stereocenters. The van der Waals surface area contributed by atoms with Crippen LogP contribution < -0.4 is 18.6 Å². The Morgan fingerprint density at radius 3 is 1.50 bits per heavy atom. The van der Waals surface area contributed by atoms with Crippen LogP contribution in [-0.2, 0) is 0 Å². The standard InChI is InChI=1S/C20H19O.ClHO4/c1-14-4-8-17(9-5-14)19-12-16(3)21-20(13-19)18-10-6-15(2)7-11-18;2-1(3,4)5/h4-13H,1-3H3;(H,2,3,4,5)/q+1;/p-1. The zero-order valence-electron chi connectivity index (χ0n) is 14.7. The Labute approximate surface area is 154 Å². The van der Waals surface area contributed by atoms with Crippen LogP contribution in [-0.4, -0.2) is 0 Å². The average Bonchev–Trinajstić information content (AvgIpc) is 2.54. The molecule has 0 fully saturated rings. The topological polar surface area (TPSA) is 104 Å². The molecule has 0 aliphatic rings. The first kappa shape index (κ1) is 20.0. The highest BCUT2D eigenvalue weighted by atomic mass is 35.7. The van der Waals surface area contributed by atoms with Gasteiger partial charge in [0.05, 0.1) is 18.6 Å². The van der Waals surface area contributed by atoms with Gasteiger partial charge in [0.2, 0.25) is 0 Å². The molecule has 0 spiro atoms. The summed E-state index contributed by atoms with van der Waals surface area (Å²) < 4.78 is 39.9. The Morgan fingerprint density at radius 1 is 0.615 bits per heavy atom. The van der Waals surface area contributed by atoms with Crippen molar-refractivity contribution in [3.8, 4) is 22.5 Å². The number of halogens is 1. The van der Waals surface area contributed by atoms with Crippen LogP contribution in [0.5, 0.6) is 0 Å². The van der Waals surface area contributed by atoms with Crippen LogP contribution in [0.1, 0.15) is 16.9 Å². The van der Waals surface area contributed by atoms with Gasteiger partial charge in [-0.2, -0.15) is 0 Å². The predicted octanol–water partition coefficient (Wildman–Crippen LogP) is 1.06. The quantitative estimate of drug-likeness (QED) is 0.624. The maximum Gasteiger partial charge on any atom is 0.360 e. The Bertz CT molecular complexity index is 783. The lowest BCUT2D eigenvalue weighted by Gasteiger charge is -2.17. The van der Waals surface area contributed by atoms with Gasteiger partial charge in [-0.3, -0.25) is 0 Å². The van der Waals surface area contributed by atoms with E-state index in [1.807, 2.05) is 6.92 Å². The molecule has 5 nitrogen and oxygen atoms in total. The summed E-state index contributed by atoms with van der Waals surface area (Å²) in [6.07, 6.45) is 0. The van der Waals surface area contributed by atoms with Gasteiger partial charge in [0, 0.05) is 11.6 Å². The Balaban J connectivity index is 0.000000431. The van der Waals surface area contributed by atoms with Crippen molar-refractivity contribution < 1.29 is 33.3 Å². The molecule has 0 aliphatic heterocycles. The van der Waals surface area contributed by atoms with Gasteiger partial charge in [0.1, 0.15) is 0 Å². The lowest BCUT2D eigenvalue weighted by atomic mass is 10.0. The molecule has 136 valence electrons. The minimum atomic E-state index is -4.94. The fourth-order valence-electron chi connectivity index (χ4n) is 2.41. The molecule has 0 amide bonds. The van der Waals surface area contributed by atoms with Crippen molar-refractivity contribution in [3.63, 3.8) is 0 Å². The molecule has 0 unspecified atom stereocenters. The van der Waals surface area contributed by atoms with E-state index in [-0.39, 0.29) is 0 Å². The van der Waals surface area contributed by atoms with E-state index in [0.717, 1.165) is 17.1 Å². The average molecular weight is 375 g/mol. The van der Waals surface area contributed by atoms with Gasteiger partial charge in [0.25, 0.3) is 0 Å². The minimum Gasteiger partial charge on any atom is -0.222 e.